The summed E-state index contributed by atoms with van der Waals surface area (Å²) < 4.78 is 6.77. The van der Waals surface area contributed by atoms with Crippen LogP contribution in [0.5, 0.6) is 0 Å². The molecule has 0 bridgehead atoms. The van der Waals surface area contributed by atoms with Crippen molar-refractivity contribution in [3.8, 4) is 33.4 Å². The van der Waals surface area contributed by atoms with E-state index in [0.29, 0.717) is 0 Å². The van der Waals surface area contributed by atoms with Crippen molar-refractivity contribution in [1.29, 1.82) is 0 Å². The minimum atomic E-state index is 0.129. The van der Waals surface area contributed by atoms with Crippen LogP contribution in [0.25, 0.3) is 61.2 Å². The van der Waals surface area contributed by atoms with E-state index in [0.717, 1.165) is 45.0 Å². The summed E-state index contributed by atoms with van der Waals surface area (Å²) in [5.74, 6) is 0.854. The van der Waals surface area contributed by atoms with Crippen LogP contribution < -0.4 is 10.2 Å². The molecule has 1 aliphatic carbocycles. The lowest BCUT2D eigenvalue weighted by atomic mass is 9.96. The third-order valence-electron chi connectivity index (χ3n) is 10.3. The fourth-order valence-electron chi connectivity index (χ4n) is 7.69. The second kappa shape index (κ2) is 12.5. The number of hydrogen-bond donors (Lipinski definition) is 1. The molecule has 52 heavy (non-hydrogen) atoms. The van der Waals surface area contributed by atoms with Crippen molar-refractivity contribution >= 4 is 50.6 Å². The highest BCUT2D eigenvalue weighted by atomic mass is 16.3. The summed E-state index contributed by atoms with van der Waals surface area (Å²) in [6, 6.07) is 58.8. The predicted molar refractivity (Wildman–Crippen MR) is 218 cm³/mol. The first-order chi connectivity index (χ1) is 25.8. The summed E-state index contributed by atoms with van der Waals surface area (Å²) in [5.41, 5.74) is 13.3. The quantitative estimate of drug-likeness (QED) is 0.191. The van der Waals surface area contributed by atoms with Gasteiger partial charge in [0.15, 0.2) is 11.3 Å². The van der Waals surface area contributed by atoms with Crippen LogP contribution in [0.3, 0.4) is 0 Å². The Balaban J connectivity index is 1.10. The van der Waals surface area contributed by atoms with Crippen molar-refractivity contribution in [3.63, 3.8) is 0 Å². The van der Waals surface area contributed by atoms with Crippen molar-refractivity contribution in [2.45, 2.75) is 6.04 Å². The van der Waals surface area contributed by atoms with Crippen molar-refractivity contribution in [2.75, 3.05) is 10.2 Å². The monoisotopic (exact) mass is 666 g/mol. The number of benzene rings is 7. The zero-order chi connectivity index (χ0) is 34.4. The average molecular weight is 667 g/mol. The zero-order valence-electron chi connectivity index (χ0n) is 28.4. The Bertz CT molecular complexity index is 2690. The van der Waals surface area contributed by atoms with E-state index in [9.17, 15) is 0 Å². The summed E-state index contributed by atoms with van der Waals surface area (Å²) >= 11 is 0. The van der Waals surface area contributed by atoms with Gasteiger partial charge in [0.25, 0.3) is 0 Å². The maximum Gasteiger partial charge on any atom is 0.160 e. The van der Waals surface area contributed by atoms with Gasteiger partial charge in [0.1, 0.15) is 0 Å². The molecule has 0 fully saturated rings. The standard InChI is InChI=1S/C49H34N2O/c1-2-11-33(12-3-1)34-23-25-35(26-24-34)36-27-29-40(30-28-36)51(41-17-8-16-38(31-41)43-19-9-15-37-13-4-6-18-42(37)43)46-22-10-20-44-48-47(52-49(44)46)32-39-14-5-7-21-45(39)50-48/h1-32,45,50H. The van der Waals surface area contributed by atoms with E-state index in [4.69, 9.17) is 4.42 Å². The fraction of sp³-hybridized carbons (Fsp3) is 0.0204. The summed E-state index contributed by atoms with van der Waals surface area (Å²) in [5, 5.41) is 7.27. The van der Waals surface area contributed by atoms with Crippen LogP contribution in [-0.4, -0.2) is 6.04 Å². The van der Waals surface area contributed by atoms with Gasteiger partial charge in [0.2, 0.25) is 0 Å². The molecule has 1 aliphatic heterocycles. The summed E-state index contributed by atoms with van der Waals surface area (Å²) in [4.78, 5) is 2.33. The van der Waals surface area contributed by atoms with Crippen LogP contribution >= 0.6 is 0 Å². The minimum Gasteiger partial charge on any atom is -0.452 e. The number of allylic oxidation sites excluding steroid dienone is 2. The molecule has 0 spiro atoms. The average Bonchev–Trinajstić information content (AvgIpc) is 3.58. The molecule has 0 saturated heterocycles. The van der Waals surface area contributed by atoms with Gasteiger partial charge in [-0.3, -0.25) is 0 Å². The molecule has 8 aromatic rings. The topological polar surface area (TPSA) is 28.4 Å². The maximum absolute atomic E-state index is 6.77. The first-order valence-electron chi connectivity index (χ1n) is 17.8. The van der Waals surface area contributed by atoms with Gasteiger partial charge in [-0.15, -0.1) is 0 Å². The Labute approximate surface area is 303 Å². The number of nitrogens with zero attached hydrogens (tertiary/aromatic N) is 1. The van der Waals surface area contributed by atoms with E-state index in [-0.39, 0.29) is 6.04 Å². The number of para-hydroxylation sites is 1. The van der Waals surface area contributed by atoms with E-state index in [1.165, 1.54) is 44.2 Å². The van der Waals surface area contributed by atoms with Gasteiger partial charge in [-0.1, -0.05) is 152 Å². The summed E-state index contributed by atoms with van der Waals surface area (Å²) in [6.45, 7) is 0. The fourth-order valence-corrected chi connectivity index (χ4v) is 7.69. The SMILES string of the molecule is C1=CC2=Cc3oc4c(N(c5ccc(-c6ccc(-c7ccccc7)cc6)cc5)c5cccc(-c6cccc7ccccc67)c5)cccc4c3NC2C=C1. The molecule has 2 heterocycles. The van der Waals surface area contributed by atoms with Gasteiger partial charge < -0.3 is 14.6 Å². The molecule has 0 amide bonds. The third-order valence-corrected chi connectivity index (χ3v) is 10.3. The number of furan rings is 1. The Morgan fingerprint density at radius 2 is 1.17 bits per heavy atom. The van der Waals surface area contributed by atoms with Crippen LogP contribution in [0.2, 0.25) is 0 Å². The molecular formula is C49H34N2O. The van der Waals surface area contributed by atoms with Crippen molar-refractivity contribution in [3.05, 3.63) is 199 Å². The highest BCUT2D eigenvalue weighted by Crippen LogP contribution is 2.46. The summed E-state index contributed by atoms with van der Waals surface area (Å²) in [7, 11) is 0. The Kier molecular flexibility index (Phi) is 7.21. The van der Waals surface area contributed by atoms with Gasteiger partial charge in [0.05, 0.1) is 17.4 Å². The van der Waals surface area contributed by atoms with Gasteiger partial charge in [-0.25, -0.2) is 0 Å². The largest absolute Gasteiger partial charge is 0.452 e. The van der Waals surface area contributed by atoms with Gasteiger partial charge >= 0.3 is 0 Å². The minimum absolute atomic E-state index is 0.129. The van der Waals surface area contributed by atoms with Crippen LogP contribution in [-0.2, 0) is 0 Å². The molecule has 0 radical (unpaired) electrons. The lowest BCUT2D eigenvalue weighted by molar-refractivity contribution is 0.603. The molecule has 1 aromatic heterocycles. The van der Waals surface area contributed by atoms with Crippen LogP contribution in [0.15, 0.2) is 198 Å². The van der Waals surface area contributed by atoms with Crippen LogP contribution in [0, 0.1) is 0 Å². The first-order valence-corrected chi connectivity index (χ1v) is 17.8. The third kappa shape index (κ3) is 5.23. The van der Waals surface area contributed by atoms with E-state index in [1.54, 1.807) is 0 Å². The normalized spacial score (nSPS) is 14.5. The van der Waals surface area contributed by atoms with E-state index in [2.05, 4.69) is 204 Å². The molecule has 2 aliphatic rings. The second-order valence-electron chi connectivity index (χ2n) is 13.4. The molecule has 1 unspecified atom stereocenters. The van der Waals surface area contributed by atoms with Crippen molar-refractivity contribution in [1.82, 2.24) is 0 Å². The van der Waals surface area contributed by atoms with Crippen LogP contribution in [0.1, 0.15) is 5.76 Å². The Morgan fingerprint density at radius 3 is 2.00 bits per heavy atom. The van der Waals surface area contributed by atoms with E-state index >= 15 is 0 Å². The highest BCUT2D eigenvalue weighted by Gasteiger charge is 2.26. The smallest absolute Gasteiger partial charge is 0.160 e. The van der Waals surface area contributed by atoms with Crippen LogP contribution in [0.4, 0.5) is 22.7 Å². The molecule has 10 rings (SSSR count). The number of fused-ring (bicyclic) bond motifs is 5. The lowest BCUT2D eigenvalue weighted by Gasteiger charge is -2.26. The van der Waals surface area contributed by atoms with Crippen molar-refractivity contribution in [2.24, 2.45) is 0 Å². The summed E-state index contributed by atoms with van der Waals surface area (Å²) in [6.07, 6.45) is 10.7. The van der Waals surface area contributed by atoms with E-state index in [1.807, 2.05) is 0 Å². The Hall–Kier alpha value is -6.84. The van der Waals surface area contributed by atoms with E-state index < -0.39 is 0 Å². The zero-order valence-corrected chi connectivity index (χ0v) is 28.4. The first kappa shape index (κ1) is 30.0. The molecule has 246 valence electrons. The molecule has 1 atom stereocenters. The maximum atomic E-state index is 6.77. The number of nitrogens with one attached hydrogen (secondary N) is 1. The van der Waals surface area contributed by atoms with Gasteiger partial charge in [0, 0.05) is 16.8 Å². The molecule has 0 saturated carbocycles. The highest BCUT2D eigenvalue weighted by molar-refractivity contribution is 6.05. The number of hydrogen-bond acceptors (Lipinski definition) is 3. The molecular weight excluding hydrogens is 633 g/mol. The molecule has 1 N–H and O–H groups in total. The predicted octanol–water partition coefficient (Wildman–Crippen LogP) is 13.4. The lowest BCUT2D eigenvalue weighted by Crippen LogP contribution is -2.22. The van der Waals surface area contributed by atoms with Gasteiger partial charge in [-0.2, -0.15) is 0 Å². The van der Waals surface area contributed by atoms with Gasteiger partial charge in [-0.05, 0) is 92.2 Å². The second-order valence-corrected chi connectivity index (χ2v) is 13.4. The molecule has 7 aromatic carbocycles. The number of rotatable bonds is 6. The molecule has 3 nitrogen and oxygen atoms in total. The van der Waals surface area contributed by atoms with Crippen molar-refractivity contribution < 1.29 is 4.42 Å². The number of anilines is 4. The Morgan fingerprint density at radius 1 is 0.519 bits per heavy atom. The molecule has 3 heteroatoms.